The lowest BCUT2D eigenvalue weighted by Crippen LogP contribution is -2.32. The van der Waals surface area contributed by atoms with Crippen LogP contribution in [0.25, 0.3) is 0 Å². The molecule has 0 radical (unpaired) electrons. The summed E-state index contributed by atoms with van der Waals surface area (Å²) in [7, 11) is 0. The third kappa shape index (κ3) is 5.20. The van der Waals surface area contributed by atoms with Gasteiger partial charge < -0.3 is 5.32 Å². The van der Waals surface area contributed by atoms with Gasteiger partial charge in [-0.1, -0.05) is 60.7 Å². The Hall–Kier alpha value is -2.68. The zero-order valence-corrected chi connectivity index (χ0v) is 14.4. The molecule has 0 heterocycles. The van der Waals surface area contributed by atoms with E-state index in [9.17, 15) is 9.59 Å². The summed E-state index contributed by atoms with van der Waals surface area (Å²) in [5, 5.41) is 3.19. The van der Waals surface area contributed by atoms with Gasteiger partial charge in [-0.25, -0.2) is 0 Å². The SMILES string of the molecule is CC(C)(C)N/C=C(/CC(=O)c1ccccc1)C(=O)c1ccccc1. The maximum atomic E-state index is 12.8. The van der Waals surface area contributed by atoms with Crippen molar-refractivity contribution in [2.75, 3.05) is 0 Å². The minimum atomic E-state index is -0.183. The summed E-state index contributed by atoms with van der Waals surface area (Å²) in [5.41, 5.74) is 1.48. The van der Waals surface area contributed by atoms with E-state index in [2.05, 4.69) is 5.32 Å². The van der Waals surface area contributed by atoms with Crippen LogP contribution in [-0.4, -0.2) is 17.1 Å². The predicted molar refractivity (Wildman–Crippen MR) is 97.1 cm³/mol. The van der Waals surface area contributed by atoms with E-state index in [4.69, 9.17) is 0 Å². The van der Waals surface area contributed by atoms with Gasteiger partial charge in [0.15, 0.2) is 11.6 Å². The molecule has 0 bridgehead atoms. The van der Waals surface area contributed by atoms with Crippen molar-refractivity contribution in [1.82, 2.24) is 5.32 Å². The number of carbonyl (C=O) groups excluding carboxylic acids is 2. The average molecular weight is 321 g/mol. The summed E-state index contributed by atoms with van der Waals surface area (Å²) in [5.74, 6) is -0.196. The van der Waals surface area contributed by atoms with Gasteiger partial charge >= 0.3 is 0 Å². The molecule has 0 aliphatic rings. The molecule has 0 saturated heterocycles. The van der Waals surface area contributed by atoms with Gasteiger partial charge in [0.25, 0.3) is 0 Å². The van der Waals surface area contributed by atoms with E-state index in [1.54, 1.807) is 30.5 Å². The Morgan fingerprint density at radius 1 is 0.875 bits per heavy atom. The summed E-state index contributed by atoms with van der Waals surface area (Å²) in [6.07, 6.45) is 1.75. The molecule has 2 aromatic carbocycles. The largest absolute Gasteiger partial charge is 0.386 e. The van der Waals surface area contributed by atoms with Crippen molar-refractivity contribution in [3.63, 3.8) is 0 Å². The molecule has 24 heavy (non-hydrogen) atoms. The molecule has 2 rings (SSSR count). The van der Waals surface area contributed by atoms with Gasteiger partial charge in [0.1, 0.15) is 0 Å². The number of hydrogen-bond donors (Lipinski definition) is 1. The molecular weight excluding hydrogens is 298 g/mol. The van der Waals surface area contributed by atoms with Crippen LogP contribution in [0.15, 0.2) is 72.4 Å². The first-order valence-corrected chi connectivity index (χ1v) is 8.01. The normalized spacial score (nSPS) is 11.9. The highest BCUT2D eigenvalue weighted by Crippen LogP contribution is 2.15. The van der Waals surface area contributed by atoms with Crippen LogP contribution >= 0.6 is 0 Å². The molecule has 0 fully saturated rings. The lowest BCUT2D eigenvalue weighted by molar-refractivity contribution is 0.0959. The van der Waals surface area contributed by atoms with Crippen LogP contribution in [0, 0.1) is 0 Å². The Balaban J connectivity index is 2.26. The van der Waals surface area contributed by atoms with Gasteiger partial charge in [-0.05, 0) is 20.8 Å². The number of rotatable bonds is 6. The zero-order valence-electron chi connectivity index (χ0n) is 14.4. The quantitative estimate of drug-likeness (QED) is 0.633. The molecule has 124 valence electrons. The van der Waals surface area contributed by atoms with Crippen LogP contribution < -0.4 is 5.32 Å². The van der Waals surface area contributed by atoms with Gasteiger partial charge in [-0.3, -0.25) is 9.59 Å². The van der Waals surface area contributed by atoms with Crippen molar-refractivity contribution in [3.8, 4) is 0 Å². The topological polar surface area (TPSA) is 46.2 Å². The van der Waals surface area contributed by atoms with Crippen LogP contribution in [0.5, 0.6) is 0 Å². The molecule has 2 aromatic rings. The van der Waals surface area contributed by atoms with Crippen LogP contribution in [0.4, 0.5) is 0 Å². The number of carbonyl (C=O) groups is 2. The molecule has 0 spiro atoms. The first-order chi connectivity index (χ1) is 11.4. The minimum Gasteiger partial charge on any atom is -0.386 e. The van der Waals surface area contributed by atoms with E-state index < -0.39 is 0 Å². The minimum absolute atomic E-state index is 0.0677. The van der Waals surface area contributed by atoms with Crippen molar-refractivity contribution < 1.29 is 9.59 Å². The molecule has 0 unspecified atom stereocenters. The first-order valence-electron chi connectivity index (χ1n) is 8.01. The first kappa shape index (κ1) is 17.7. The van der Waals surface area contributed by atoms with E-state index in [1.165, 1.54) is 0 Å². The van der Waals surface area contributed by atoms with E-state index in [-0.39, 0.29) is 23.5 Å². The van der Waals surface area contributed by atoms with Crippen molar-refractivity contribution in [2.24, 2.45) is 0 Å². The smallest absolute Gasteiger partial charge is 0.190 e. The van der Waals surface area contributed by atoms with Crippen LogP contribution in [0.2, 0.25) is 0 Å². The monoisotopic (exact) mass is 321 g/mol. The highest BCUT2D eigenvalue weighted by Gasteiger charge is 2.18. The standard InChI is InChI=1S/C21H23NO2/c1-21(2,3)22-15-18(20(24)17-12-8-5-9-13-17)14-19(23)16-10-6-4-7-11-16/h4-13,15,22H,14H2,1-3H3/b18-15-. The second kappa shape index (κ2) is 7.73. The second-order valence-electron chi connectivity index (χ2n) is 6.73. The average Bonchev–Trinajstić information content (AvgIpc) is 2.58. The summed E-state index contributed by atoms with van der Waals surface area (Å²) in [6, 6.07) is 18.1. The Labute approximate surface area is 143 Å². The van der Waals surface area contributed by atoms with Crippen LogP contribution in [0.1, 0.15) is 47.9 Å². The third-order valence-corrected chi connectivity index (χ3v) is 3.45. The summed E-state index contributed by atoms with van der Waals surface area (Å²) in [4.78, 5) is 25.3. The number of allylic oxidation sites excluding steroid dienone is 1. The fourth-order valence-corrected chi connectivity index (χ4v) is 2.17. The van der Waals surface area contributed by atoms with Crippen LogP contribution in [0.3, 0.4) is 0 Å². The molecular formula is C21H23NO2. The molecule has 1 N–H and O–H groups in total. The van der Waals surface area contributed by atoms with E-state index in [0.29, 0.717) is 16.7 Å². The Bertz CT molecular complexity index is 725. The molecule has 0 atom stereocenters. The summed E-state index contributed by atoms with van der Waals surface area (Å²) in [6.45, 7) is 6.02. The van der Waals surface area contributed by atoms with Gasteiger partial charge in [-0.2, -0.15) is 0 Å². The third-order valence-electron chi connectivity index (χ3n) is 3.45. The molecule has 0 aliphatic carbocycles. The van der Waals surface area contributed by atoms with Crippen molar-refractivity contribution >= 4 is 11.6 Å². The number of nitrogens with one attached hydrogen (secondary N) is 1. The molecule has 0 saturated carbocycles. The Morgan fingerprint density at radius 2 is 1.38 bits per heavy atom. The maximum Gasteiger partial charge on any atom is 0.190 e. The van der Waals surface area contributed by atoms with Gasteiger partial charge in [-0.15, -0.1) is 0 Å². The molecule has 0 aromatic heterocycles. The summed E-state index contributed by atoms with van der Waals surface area (Å²) < 4.78 is 0. The van der Waals surface area contributed by atoms with E-state index in [1.807, 2.05) is 57.2 Å². The second-order valence-corrected chi connectivity index (χ2v) is 6.73. The molecule has 0 amide bonds. The lowest BCUT2D eigenvalue weighted by Gasteiger charge is -2.20. The fourth-order valence-electron chi connectivity index (χ4n) is 2.17. The molecule has 3 nitrogen and oxygen atoms in total. The molecule has 3 heteroatoms. The Kier molecular flexibility index (Phi) is 5.69. The van der Waals surface area contributed by atoms with Crippen molar-refractivity contribution in [3.05, 3.63) is 83.6 Å². The van der Waals surface area contributed by atoms with Crippen molar-refractivity contribution in [1.29, 1.82) is 0 Å². The summed E-state index contributed by atoms with van der Waals surface area (Å²) >= 11 is 0. The van der Waals surface area contributed by atoms with Gasteiger partial charge in [0, 0.05) is 34.9 Å². The number of hydrogen-bond acceptors (Lipinski definition) is 3. The van der Waals surface area contributed by atoms with Gasteiger partial charge in [0.05, 0.1) is 0 Å². The number of ketones is 2. The van der Waals surface area contributed by atoms with Gasteiger partial charge in [0.2, 0.25) is 0 Å². The highest BCUT2D eigenvalue weighted by atomic mass is 16.1. The van der Waals surface area contributed by atoms with Crippen LogP contribution in [-0.2, 0) is 0 Å². The fraction of sp³-hybridized carbons (Fsp3) is 0.238. The predicted octanol–water partition coefficient (Wildman–Crippen LogP) is 4.41. The Morgan fingerprint density at radius 3 is 1.88 bits per heavy atom. The number of benzene rings is 2. The van der Waals surface area contributed by atoms with E-state index in [0.717, 1.165) is 0 Å². The van der Waals surface area contributed by atoms with Crippen molar-refractivity contribution in [2.45, 2.75) is 32.7 Å². The highest BCUT2D eigenvalue weighted by molar-refractivity contribution is 6.13. The number of Topliss-reactive ketones (excluding diaryl/α,β-unsaturated/α-hetero) is 2. The maximum absolute atomic E-state index is 12.8. The zero-order chi connectivity index (χ0) is 17.6. The van der Waals surface area contributed by atoms with E-state index >= 15 is 0 Å². The lowest BCUT2D eigenvalue weighted by atomic mass is 9.96. The molecule has 0 aliphatic heterocycles.